The van der Waals surface area contributed by atoms with Gasteiger partial charge in [-0.05, 0) is 50.5 Å². The third-order valence-corrected chi connectivity index (χ3v) is 6.28. The highest BCUT2D eigenvalue weighted by Crippen LogP contribution is 2.29. The van der Waals surface area contributed by atoms with Gasteiger partial charge in [0.25, 0.3) is 0 Å². The van der Waals surface area contributed by atoms with E-state index in [4.69, 9.17) is 4.74 Å². The zero-order chi connectivity index (χ0) is 23.1. The minimum Gasteiger partial charge on any atom is -0.447 e. The molecule has 2 aliphatic heterocycles. The van der Waals surface area contributed by atoms with Crippen LogP contribution in [0.4, 0.5) is 4.79 Å². The van der Waals surface area contributed by atoms with E-state index in [1.807, 2.05) is 23.1 Å². The summed E-state index contributed by atoms with van der Waals surface area (Å²) in [7, 11) is 0. The molecule has 2 fully saturated rings. The molecule has 1 unspecified atom stereocenters. The average Bonchev–Trinajstić information content (AvgIpc) is 2.82. The van der Waals surface area contributed by atoms with Crippen molar-refractivity contribution in [2.45, 2.75) is 51.2 Å². The van der Waals surface area contributed by atoms with E-state index in [9.17, 15) is 19.6 Å². The second-order valence-electron chi connectivity index (χ2n) is 8.92. The molecule has 1 aromatic carbocycles. The van der Waals surface area contributed by atoms with Crippen molar-refractivity contribution in [2.24, 2.45) is 11.8 Å². The number of hydroxylamine groups is 1. The first-order valence-electron chi connectivity index (χ1n) is 11.3. The van der Waals surface area contributed by atoms with Crippen LogP contribution < -0.4 is 16.1 Å². The summed E-state index contributed by atoms with van der Waals surface area (Å²) in [6, 6.07) is 9.61. The van der Waals surface area contributed by atoms with Crippen molar-refractivity contribution in [2.75, 3.05) is 26.2 Å². The largest absolute Gasteiger partial charge is 0.447 e. The number of piperidine rings is 2. The first-order valence-corrected chi connectivity index (χ1v) is 11.3. The van der Waals surface area contributed by atoms with Crippen molar-refractivity contribution in [3.8, 4) is 0 Å². The average molecular weight is 447 g/mol. The molecule has 9 nitrogen and oxygen atoms in total. The lowest BCUT2D eigenvalue weighted by atomic mass is 9.82. The molecule has 3 rings (SSSR count). The van der Waals surface area contributed by atoms with Crippen LogP contribution >= 0.6 is 0 Å². The van der Waals surface area contributed by atoms with Crippen molar-refractivity contribution in [3.63, 3.8) is 0 Å². The summed E-state index contributed by atoms with van der Waals surface area (Å²) in [6.45, 7) is 5.60. The van der Waals surface area contributed by atoms with Gasteiger partial charge in [-0.25, -0.2) is 10.3 Å². The van der Waals surface area contributed by atoms with Crippen molar-refractivity contribution < 1.29 is 24.3 Å². The monoisotopic (exact) mass is 446 g/mol. The molecule has 3 atom stereocenters. The fourth-order valence-corrected chi connectivity index (χ4v) is 4.61. The number of rotatable bonds is 6. The lowest BCUT2D eigenvalue weighted by Crippen LogP contribution is -2.60. The highest BCUT2D eigenvalue weighted by atomic mass is 16.6. The van der Waals surface area contributed by atoms with Crippen LogP contribution in [0.5, 0.6) is 0 Å². The van der Waals surface area contributed by atoms with Gasteiger partial charge in [0.2, 0.25) is 11.8 Å². The van der Waals surface area contributed by atoms with Crippen molar-refractivity contribution in [3.05, 3.63) is 35.9 Å². The van der Waals surface area contributed by atoms with Gasteiger partial charge < -0.3 is 20.3 Å². The molecule has 176 valence electrons. The van der Waals surface area contributed by atoms with E-state index in [1.54, 1.807) is 19.3 Å². The molecule has 2 aliphatic rings. The molecule has 1 aromatic rings. The van der Waals surface area contributed by atoms with Gasteiger partial charge in [0, 0.05) is 26.2 Å². The zero-order valence-electron chi connectivity index (χ0n) is 18.8. The summed E-state index contributed by atoms with van der Waals surface area (Å²) < 4.78 is 5.07. The Morgan fingerprint density at radius 1 is 1.19 bits per heavy atom. The topological polar surface area (TPSA) is 120 Å². The molecule has 0 bridgehead atoms. The van der Waals surface area contributed by atoms with Gasteiger partial charge in [0.05, 0.1) is 18.1 Å². The summed E-state index contributed by atoms with van der Waals surface area (Å²) in [4.78, 5) is 39.1. The molecular weight excluding hydrogens is 412 g/mol. The summed E-state index contributed by atoms with van der Waals surface area (Å²) in [6.07, 6.45) is 1.40. The maximum absolute atomic E-state index is 13.2. The third-order valence-electron chi connectivity index (χ3n) is 6.28. The van der Waals surface area contributed by atoms with E-state index in [0.29, 0.717) is 38.5 Å². The molecule has 0 saturated carbocycles. The summed E-state index contributed by atoms with van der Waals surface area (Å²) in [5.74, 6) is -1.07. The van der Waals surface area contributed by atoms with Gasteiger partial charge in [-0.3, -0.25) is 14.8 Å². The lowest BCUT2D eigenvalue weighted by Gasteiger charge is -2.40. The van der Waals surface area contributed by atoms with Crippen LogP contribution in [0.2, 0.25) is 0 Å². The summed E-state index contributed by atoms with van der Waals surface area (Å²) in [5.41, 5.74) is 2.99. The fraction of sp³-hybridized carbons (Fsp3) is 0.609. The van der Waals surface area contributed by atoms with Gasteiger partial charge in [-0.15, -0.1) is 0 Å². The van der Waals surface area contributed by atoms with E-state index in [0.717, 1.165) is 12.8 Å². The fourth-order valence-electron chi connectivity index (χ4n) is 4.61. The van der Waals surface area contributed by atoms with Crippen LogP contribution in [0.1, 0.15) is 44.6 Å². The summed E-state index contributed by atoms with van der Waals surface area (Å²) in [5, 5.41) is 15.1. The normalized spacial score (nSPS) is 24.1. The van der Waals surface area contributed by atoms with E-state index in [2.05, 4.69) is 22.8 Å². The molecule has 3 amide bonds. The minimum absolute atomic E-state index is 0.0649. The molecule has 32 heavy (non-hydrogen) atoms. The first kappa shape index (κ1) is 24.0. The molecule has 0 aromatic heterocycles. The van der Waals surface area contributed by atoms with Crippen LogP contribution in [0.3, 0.4) is 0 Å². The molecule has 2 saturated heterocycles. The van der Waals surface area contributed by atoms with E-state index >= 15 is 0 Å². The lowest BCUT2D eigenvalue weighted by molar-refractivity contribution is -0.145. The number of hydrogen-bond donors (Lipinski definition) is 4. The predicted molar refractivity (Wildman–Crippen MR) is 118 cm³/mol. The maximum Gasteiger partial charge on any atom is 0.407 e. The van der Waals surface area contributed by atoms with Gasteiger partial charge in [-0.1, -0.05) is 30.3 Å². The highest BCUT2D eigenvalue weighted by molar-refractivity contribution is 5.90. The number of hydrogen-bond acceptors (Lipinski definition) is 6. The molecule has 9 heteroatoms. The number of alkyl carbamates (subject to hydrolysis) is 1. The van der Waals surface area contributed by atoms with E-state index in [-0.39, 0.29) is 17.9 Å². The Bertz CT molecular complexity index is 780. The van der Waals surface area contributed by atoms with Gasteiger partial charge in [0.15, 0.2) is 0 Å². The molecular formula is C23H34N4O5. The number of amides is 3. The van der Waals surface area contributed by atoms with E-state index in [1.165, 1.54) is 5.56 Å². The van der Waals surface area contributed by atoms with E-state index < -0.39 is 24.0 Å². The Balaban J connectivity index is 1.56. The SMILES string of the molecule is CC(C)OC(=O)NCC1CN[C@H](C(=O)N2CCC(c3ccccc3)CC2)[C@@H](C(=O)NO)C1. The van der Waals surface area contributed by atoms with Crippen LogP contribution in [0, 0.1) is 11.8 Å². The number of likely N-dealkylation sites (tertiary alicyclic amines) is 1. The quantitative estimate of drug-likeness (QED) is 0.389. The second-order valence-corrected chi connectivity index (χ2v) is 8.92. The van der Waals surface area contributed by atoms with Crippen LogP contribution in [0.25, 0.3) is 0 Å². The van der Waals surface area contributed by atoms with Gasteiger partial charge in [0.1, 0.15) is 0 Å². The van der Waals surface area contributed by atoms with Gasteiger partial charge in [-0.2, -0.15) is 0 Å². The number of carbonyl (C=O) groups excluding carboxylic acids is 3. The molecule has 2 heterocycles. The Kier molecular flexibility index (Phi) is 8.46. The Morgan fingerprint density at radius 2 is 1.88 bits per heavy atom. The Morgan fingerprint density at radius 3 is 2.50 bits per heavy atom. The Labute approximate surface area is 188 Å². The van der Waals surface area contributed by atoms with Crippen molar-refractivity contribution in [1.82, 2.24) is 21.0 Å². The maximum atomic E-state index is 13.2. The third kappa shape index (κ3) is 6.20. The highest BCUT2D eigenvalue weighted by Gasteiger charge is 2.41. The first-order chi connectivity index (χ1) is 15.4. The number of ether oxygens (including phenoxy) is 1. The zero-order valence-corrected chi connectivity index (χ0v) is 18.8. The van der Waals surface area contributed by atoms with Crippen molar-refractivity contribution in [1.29, 1.82) is 0 Å². The molecule has 4 N–H and O–H groups in total. The minimum atomic E-state index is -0.721. The van der Waals surface area contributed by atoms with Crippen molar-refractivity contribution >= 4 is 17.9 Å². The molecule has 0 radical (unpaired) electrons. The predicted octanol–water partition coefficient (Wildman–Crippen LogP) is 1.63. The molecule has 0 spiro atoms. The molecule has 0 aliphatic carbocycles. The number of benzene rings is 1. The van der Waals surface area contributed by atoms with Gasteiger partial charge >= 0.3 is 6.09 Å². The smallest absolute Gasteiger partial charge is 0.407 e. The summed E-state index contributed by atoms with van der Waals surface area (Å²) >= 11 is 0. The standard InChI is InChI=1S/C23H34N4O5/c1-15(2)32-23(30)25-14-16-12-19(21(28)26-31)20(24-13-16)22(29)27-10-8-18(9-11-27)17-6-4-3-5-7-17/h3-7,15-16,18-20,24,31H,8-14H2,1-2H3,(H,25,30)(H,26,28)/t16?,19-,20-/m0/s1. The number of nitrogens with one attached hydrogen (secondary N) is 3. The number of carbonyl (C=O) groups is 3. The number of nitrogens with zero attached hydrogens (tertiary/aromatic N) is 1. The second kappa shape index (κ2) is 11.3. The van der Waals surface area contributed by atoms with Crippen LogP contribution in [0.15, 0.2) is 30.3 Å². The van der Waals surface area contributed by atoms with Crippen LogP contribution in [-0.2, 0) is 14.3 Å². The van der Waals surface area contributed by atoms with Crippen LogP contribution in [-0.4, -0.2) is 66.3 Å². The Hall–Kier alpha value is -2.65.